The van der Waals surface area contributed by atoms with Crippen molar-refractivity contribution in [1.29, 1.82) is 0 Å². The summed E-state index contributed by atoms with van der Waals surface area (Å²) in [4.78, 5) is 36.3. The lowest BCUT2D eigenvalue weighted by molar-refractivity contribution is -0.125. The highest BCUT2D eigenvalue weighted by Gasteiger charge is 2.29. The van der Waals surface area contributed by atoms with Gasteiger partial charge in [0.1, 0.15) is 0 Å². The topological polar surface area (TPSA) is 66.5 Å². The number of benzene rings is 1. The van der Waals surface area contributed by atoms with Crippen LogP contribution in [0, 0.1) is 0 Å². The summed E-state index contributed by atoms with van der Waals surface area (Å²) in [5.74, 6) is -0.109. The van der Waals surface area contributed by atoms with E-state index in [0.717, 1.165) is 16.7 Å². The molecule has 1 aliphatic heterocycles. The molecule has 0 spiro atoms. The number of hydrogen-bond donors (Lipinski definition) is 1. The van der Waals surface area contributed by atoms with Crippen molar-refractivity contribution in [3.63, 3.8) is 0 Å². The zero-order valence-electron chi connectivity index (χ0n) is 11.3. The SMILES string of the molecule is O=C(CSc1c(Cl)cccc1Cl)NCCN1C(=O)CSC1=O. The minimum Gasteiger partial charge on any atom is -0.354 e. The number of carbonyl (C=O) groups excluding carboxylic acids is 3. The third kappa shape index (κ3) is 4.55. The molecule has 1 fully saturated rings. The first-order chi connectivity index (χ1) is 10.5. The summed E-state index contributed by atoms with van der Waals surface area (Å²) in [5, 5.41) is 3.38. The summed E-state index contributed by atoms with van der Waals surface area (Å²) in [6, 6.07) is 5.14. The number of carbonyl (C=O) groups is 3. The van der Waals surface area contributed by atoms with E-state index in [1.807, 2.05) is 0 Å². The van der Waals surface area contributed by atoms with Gasteiger partial charge in [-0.05, 0) is 12.1 Å². The van der Waals surface area contributed by atoms with Gasteiger partial charge in [-0.3, -0.25) is 19.3 Å². The van der Waals surface area contributed by atoms with Crippen LogP contribution in [0.2, 0.25) is 10.0 Å². The molecular formula is C13H12Cl2N2O3S2. The van der Waals surface area contributed by atoms with E-state index in [2.05, 4.69) is 5.32 Å². The molecule has 0 bridgehead atoms. The molecule has 1 aliphatic rings. The minimum atomic E-state index is -0.267. The fourth-order valence-corrected chi connectivity index (χ4v) is 3.98. The summed E-state index contributed by atoms with van der Waals surface area (Å²) >= 11 is 14.2. The average Bonchev–Trinajstić information content (AvgIpc) is 2.78. The molecule has 0 aromatic heterocycles. The molecule has 1 N–H and O–H groups in total. The van der Waals surface area contributed by atoms with E-state index in [9.17, 15) is 14.4 Å². The predicted molar refractivity (Wildman–Crippen MR) is 89.8 cm³/mol. The molecule has 0 radical (unpaired) electrons. The van der Waals surface area contributed by atoms with Crippen molar-refractivity contribution in [2.24, 2.45) is 0 Å². The van der Waals surface area contributed by atoms with Gasteiger partial charge >= 0.3 is 0 Å². The summed E-state index contributed by atoms with van der Waals surface area (Å²) in [5.41, 5.74) is 0. The minimum absolute atomic E-state index is 0.153. The van der Waals surface area contributed by atoms with E-state index in [4.69, 9.17) is 23.2 Å². The maximum atomic E-state index is 11.8. The summed E-state index contributed by atoms with van der Waals surface area (Å²) in [6.45, 7) is 0.418. The van der Waals surface area contributed by atoms with Crippen LogP contribution in [0.3, 0.4) is 0 Å². The lowest BCUT2D eigenvalue weighted by atomic mass is 10.4. The number of rotatable bonds is 6. The Morgan fingerprint density at radius 3 is 2.59 bits per heavy atom. The van der Waals surface area contributed by atoms with Crippen molar-refractivity contribution in [2.75, 3.05) is 24.6 Å². The van der Waals surface area contributed by atoms with Gasteiger partial charge in [0.15, 0.2) is 0 Å². The lowest BCUT2D eigenvalue weighted by Gasteiger charge is -2.13. The smallest absolute Gasteiger partial charge is 0.288 e. The average molecular weight is 379 g/mol. The molecule has 1 saturated heterocycles. The van der Waals surface area contributed by atoms with E-state index >= 15 is 0 Å². The highest BCUT2D eigenvalue weighted by Crippen LogP contribution is 2.33. The van der Waals surface area contributed by atoms with Crippen molar-refractivity contribution in [2.45, 2.75) is 4.90 Å². The van der Waals surface area contributed by atoms with E-state index in [0.29, 0.717) is 14.9 Å². The van der Waals surface area contributed by atoms with E-state index < -0.39 is 0 Å². The van der Waals surface area contributed by atoms with Crippen LogP contribution >= 0.6 is 46.7 Å². The first-order valence-corrected chi connectivity index (χ1v) is 9.02. The van der Waals surface area contributed by atoms with Crippen molar-refractivity contribution in [1.82, 2.24) is 10.2 Å². The molecule has 0 unspecified atom stereocenters. The molecule has 22 heavy (non-hydrogen) atoms. The molecule has 1 heterocycles. The van der Waals surface area contributed by atoms with Crippen LogP contribution in [0.4, 0.5) is 4.79 Å². The Hall–Kier alpha value is -0.890. The normalized spacial score (nSPS) is 14.5. The fraction of sp³-hybridized carbons (Fsp3) is 0.308. The molecule has 3 amide bonds. The maximum Gasteiger partial charge on any atom is 0.288 e. The molecule has 118 valence electrons. The Labute approximate surface area is 146 Å². The Morgan fingerprint density at radius 2 is 2.00 bits per heavy atom. The second kappa shape index (κ2) is 8.10. The van der Waals surface area contributed by atoms with Crippen LogP contribution in [-0.4, -0.2) is 46.5 Å². The number of nitrogens with zero attached hydrogens (tertiary/aromatic N) is 1. The Kier molecular flexibility index (Phi) is 6.43. The van der Waals surface area contributed by atoms with E-state index in [1.54, 1.807) is 18.2 Å². The van der Waals surface area contributed by atoms with E-state index in [-0.39, 0.29) is 41.6 Å². The number of nitrogens with one attached hydrogen (secondary N) is 1. The molecule has 1 aromatic rings. The number of imide groups is 1. The lowest BCUT2D eigenvalue weighted by Crippen LogP contribution is -2.38. The number of halogens is 2. The number of hydrogen-bond acceptors (Lipinski definition) is 5. The Balaban J connectivity index is 1.74. The first-order valence-electron chi connectivity index (χ1n) is 6.29. The van der Waals surface area contributed by atoms with Gasteiger partial charge in [0.25, 0.3) is 5.24 Å². The maximum absolute atomic E-state index is 11.8. The van der Waals surface area contributed by atoms with Gasteiger partial charge in [-0.1, -0.05) is 41.0 Å². The van der Waals surface area contributed by atoms with Gasteiger partial charge in [0.05, 0.1) is 21.6 Å². The van der Waals surface area contributed by atoms with Crippen LogP contribution < -0.4 is 5.32 Å². The highest BCUT2D eigenvalue weighted by molar-refractivity contribution is 8.14. The number of thioether (sulfide) groups is 2. The molecule has 0 saturated carbocycles. The van der Waals surface area contributed by atoms with Gasteiger partial charge in [0, 0.05) is 18.0 Å². The highest BCUT2D eigenvalue weighted by atomic mass is 35.5. The van der Waals surface area contributed by atoms with Crippen LogP contribution in [0.15, 0.2) is 23.1 Å². The van der Waals surface area contributed by atoms with Crippen LogP contribution in [0.1, 0.15) is 0 Å². The second-order valence-electron chi connectivity index (χ2n) is 4.29. The monoisotopic (exact) mass is 378 g/mol. The Morgan fingerprint density at radius 1 is 1.32 bits per heavy atom. The molecule has 2 rings (SSSR count). The zero-order valence-corrected chi connectivity index (χ0v) is 14.4. The standard InChI is InChI=1S/C13H12Cl2N2O3S2/c14-8-2-1-3-9(15)12(8)21-6-10(18)16-4-5-17-11(19)7-22-13(17)20/h1-3H,4-7H2,(H,16,18). The number of amides is 3. The first kappa shape index (κ1) is 17.5. The molecule has 0 aliphatic carbocycles. The molecule has 9 heteroatoms. The molecule has 0 atom stereocenters. The largest absolute Gasteiger partial charge is 0.354 e. The molecule has 1 aromatic carbocycles. The zero-order chi connectivity index (χ0) is 16.1. The van der Waals surface area contributed by atoms with Crippen LogP contribution in [0.5, 0.6) is 0 Å². The van der Waals surface area contributed by atoms with Gasteiger partial charge < -0.3 is 5.32 Å². The van der Waals surface area contributed by atoms with Crippen LogP contribution in [-0.2, 0) is 9.59 Å². The van der Waals surface area contributed by atoms with Gasteiger partial charge in [-0.2, -0.15) is 0 Å². The van der Waals surface area contributed by atoms with Crippen molar-refractivity contribution in [3.8, 4) is 0 Å². The summed E-state index contributed by atoms with van der Waals surface area (Å²) in [7, 11) is 0. The summed E-state index contributed by atoms with van der Waals surface area (Å²) in [6.07, 6.45) is 0. The van der Waals surface area contributed by atoms with E-state index in [1.165, 1.54) is 11.8 Å². The van der Waals surface area contributed by atoms with Crippen molar-refractivity contribution >= 4 is 63.8 Å². The van der Waals surface area contributed by atoms with Crippen molar-refractivity contribution in [3.05, 3.63) is 28.2 Å². The molecule has 5 nitrogen and oxygen atoms in total. The third-order valence-electron chi connectivity index (χ3n) is 2.76. The summed E-state index contributed by atoms with van der Waals surface area (Å²) < 4.78 is 0. The molecular weight excluding hydrogens is 367 g/mol. The van der Waals surface area contributed by atoms with Gasteiger partial charge in [-0.25, -0.2) is 0 Å². The van der Waals surface area contributed by atoms with Crippen molar-refractivity contribution < 1.29 is 14.4 Å². The van der Waals surface area contributed by atoms with Gasteiger partial charge in [-0.15, -0.1) is 11.8 Å². The fourth-order valence-electron chi connectivity index (χ4n) is 1.71. The van der Waals surface area contributed by atoms with Crippen LogP contribution in [0.25, 0.3) is 0 Å². The Bertz CT molecular complexity index is 577. The predicted octanol–water partition coefficient (Wildman–Crippen LogP) is 2.90. The second-order valence-corrected chi connectivity index (χ2v) is 7.02. The van der Waals surface area contributed by atoms with Gasteiger partial charge in [0.2, 0.25) is 11.8 Å². The quantitative estimate of drug-likeness (QED) is 0.770. The third-order valence-corrected chi connectivity index (χ3v) is 5.61.